The van der Waals surface area contributed by atoms with Gasteiger partial charge in [-0.05, 0) is 47.7 Å². The highest BCUT2D eigenvalue weighted by molar-refractivity contribution is 5.89. The number of rotatable bonds is 1. The second-order valence-corrected chi connectivity index (χ2v) is 5.40. The molecule has 0 unspecified atom stereocenters. The lowest BCUT2D eigenvalue weighted by molar-refractivity contribution is 0.474. The van der Waals surface area contributed by atoms with Crippen LogP contribution in [0.2, 0.25) is 0 Å². The van der Waals surface area contributed by atoms with Crippen molar-refractivity contribution in [3.63, 3.8) is 0 Å². The number of allylic oxidation sites excluding steroid dienone is 1. The van der Waals surface area contributed by atoms with Crippen LogP contribution in [0, 0.1) is 0 Å². The SMILES string of the molecule is Oc1ccc2c(c1)C/C(=C/c1c[nH]c3ccccc13)C2. The maximum Gasteiger partial charge on any atom is 0.115 e. The summed E-state index contributed by atoms with van der Waals surface area (Å²) < 4.78 is 0. The fourth-order valence-corrected chi connectivity index (χ4v) is 3.04. The molecule has 2 heteroatoms. The highest BCUT2D eigenvalue weighted by Crippen LogP contribution is 2.31. The number of phenolic OH excluding ortho intramolecular Hbond substituents is 1. The summed E-state index contributed by atoms with van der Waals surface area (Å²) in [6.45, 7) is 0. The van der Waals surface area contributed by atoms with Crippen LogP contribution in [0.3, 0.4) is 0 Å². The summed E-state index contributed by atoms with van der Waals surface area (Å²) in [5.74, 6) is 0.358. The van der Waals surface area contributed by atoms with E-state index in [-0.39, 0.29) is 0 Å². The molecule has 0 atom stereocenters. The molecule has 1 aromatic heterocycles. The predicted molar refractivity (Wildman–Crippen MR) is 81.8 cm³/mol. The molecule has 0 amide bonds. The van der Waals surface area contributed by atoms with Crippen LogP contribution in [0.1, 0.15) is 16.7 Å². The average molecular weight is 261 g/mol. The van der Waals surface area contributed by atoms with Crippen LogP contribution in [0.25, 0.3) is 17.0 Å². The first kappa shape index (κ1) is 11.4. The predicted octanol–water partition coefficient (Wildman–Crippen LogP) is 4.06. The number of nitrogens with one attached hydrogen (secondary N) is 1. The molecule has 2 N–H and O–H groups in total. The molecule has 2 nitrogen and oxygen atoms in total. The first-order chi connectivity index (χ1) is 9.79. The second kappa shape index (κ2) is 4.27. The molecule has 98 valence electrons. The van der Waals surface area contributed by atoms with E-state index in [0.29, 0.717) is 5.75 Å². The van der Waals surface area contributed by atoms with E-state index in [1.807, 2.05) is 18.2 Å². The van der Waals surface area contributed by atoms with Crippen LogP contribution in [0.4, 0.5) is 0 Å². The summed E-state index contributed by atoms with van der Waals surface area (Å²) in [6, 6.07) is 14.0. The van der Waals surface area contributed by atoms with Crippen molar-refractivity contribution in [2.45, 2.75) is 12.8 Å². The van der Waals surface area contributed by atoms with Gasteiger partial charge in [0.05, 0.1) is 0 Å². The van der Waals surface area contributed by atoms with Crippen molar-refractivity contribution in [2.24, 2.45) is 0 Å². The fourth-order valence-electron chi connectivity index (χ4n) is 3.04. The number of para-hydroxylation sites is 1. The van der Waals surface area contributed by atoms with Crippen molar-refractivity contribution < 1.29 is 5.11 Å². The summed E-state index contributed by atoms with van der Waals surface area (Å²) in [7, 11) is 0. The van der Waals surface area contributed by atoms with Gasteiger partial charge in [0, 0.05) is 17.1 Å². The minimum absolute atomic E-state index is 0.358. The standard InChI is InChI=1S/C18H15NO/c20-16-6-5-13-7-12(8-14(13)10-16)9-15-11-19-18-4-2-1-3-17(15)18/h1-6,9-11,19-20H,7-8H2/b12-9+. The number of H-pyrrole nitrogens is 1. The summed E-state index contributed by atoms with van der Waals surface area (Å²) in [6.07, 6.45) is 6.26. The zero-order chi connectivity index (χ0) is 13.5. The molecule has 1 aliphatic carbocycles. The van der Waals surface area contributed by atoms with Gasteiger partial charge in [0.2, 0.25) is 0 Å². The van der Waals surface area contributed by atoms with E-state index in [1.54, 1.807) is 6.07 Å². The fraction of sp³-hybridized carbons (Fsp3) is 0.111. The molecule has 20 heavy (non-hydrogen) atoms. The molecule has 1 heterocycles. The first-order valence-electron chi connectivity index (χ1n) is 6.86. The Morgan fingerprint density at radius 3 is 2.80 bits per heavy atom. The largest absolute Gasteiger partial charge is 0.508 e. The first-order valence-corrected chi connectivity index (χ1v) is 6.86. The van der Waals surface area contributed by atoms with Gasteiger partial charge in [-0.15, -0.1) is 0 Å². The second-order valence-electron chi connectivity index (χ2n) is 5.40. The minimum Gasteiger partial charge on any atom is -0.508 e. The number of aromatic hydroxyl groups is 1. The third kappa shape index (κ3) is 1.81. The zero-order valence-electron chi connectivity index (χ0n) is 11.1. The molecular weight excluding hydrogens is 246 g/mol. The number of aromatic nitrogens is 1. The van der Waals surface area contributed by atoms with Gasteiger partial charge >= 0.3 is 0 Å². The minimum atomic E-state index is 0.358. The van der Waals surface area contributed by atoms with Gasteiger partial charge in [0.1, 0.15) is 5.75 Å². The molecule has 1 aliphatic rings. The molecule has 0 aliphatic heterocycles. The Kier molecular flexibility index (Phi) is 2.43. The van der Waals surface area contributed by atoms with Crippen molar-refractivity contribution >= 4 is 17.0 Å². The summed E-state index contributed by atoms with van der Waals surface area (Å²) >= 11 is 0. The van der Waals surface area contributed by atoms with Gasteiger partial charge in [-0.25, -0.2) is 0 Å². The molecule has 0 saturated carbocycles. The van der Waals surface area contributed by atoms with Gasteiger partial charge in [0.25, 0.3) is 0 Å². The van der Waals surface area contributed by atoms with Crippen molar-refractivity contribution in [2.75, 3.05) is 0 Å². The van der Waals surface area contributed by atoms with Crippen molar-refractivity contribution in [1.82, 2.24) is 4.98 Å². The van der Waals surface area contributed by atoms with Gasteiger partial charge in [-0.1, -0.05) is 35.9 Å². The highest BCUT2D eigenvalue weighted by Gasteiger charge is 2.16. The van der Waals surface area contributed by atoms with E-state index in [2.05, 4.69) is 35.5 Å². The molecule has 0 bridgehead atoms. The van der Waals surface area contributed by atoms with Crippen molar-refractivity contribution in [1.29, 1.82) is 0 Å². The van der Waals surface area contributed by atoms with Gasteiger partial charge in [0.15, 0.2) is 0 Å². The molecule has 0 radical (unpaired) electrons. The topological polar surface area (TPSA) is 36.0 Å². The van der Waals surface area contributed by atoms with E-state index in [9.17, 15) is 5.11 Å². The number of phenols is 1. The molecule has 2 aromatic carbocycles. The summed E-state index contributed by atoms with van der Waals surface area (Å²) in [5.41, 5.74) is 6.39. The lowest BCUT2D eigenvalue weighted by atomic mass is 10.1. The third-order valence-electron chi connectivity index (χ3n) is 4.01. The number of aromatic amines is 1. The normalized spacial score (nSPS) is 15.9. The Balaban J connectivity index is 1.73. The van der Waals surface area contributed by atoms with Crippen LogP contribution in [-0.4, -0.2) is 10.1 Å². The van der Waals surface area contributed by atoms with Gasteiger partial charge in [-0.2, -0.15) is 0 Å². The quantitative estimate of drug-likeness (QED) is 0.681. The van der Waals surface area contributed by atoms with Crippen LogP contribution in [0.5, 0.6) is 5.75 Å². The molecular formula is C18H15NO. The molecule has 0 saturated heterocycles. The Morgan fingerprint density at radius 2 is 1.85 bits per heavy atom. The Bertz CT molecular complexity index is 826. The molecule has 0 spiro atoms. The van der Waals surface area contributed by atoms with E-state index in [0.717, 1.165) is 12.8 Å². The van der Waals surface area contributed by atoms with E-state index < -0.39 is 0 Å². The number of fused-ring (bicyclic) bond motifs is 2. The summed E-state index contributed by atoms with van der Waals surface area (Å²) in [5, 5.41) is 10.8. The molecule has 4 rings (SSSR count). The van der Waals surface area contributed by atoms with Gasteiger partial charge < -0.3 is 10.1 Å². The molecule has 0 fully saturated rings. The highest BCUT2D eigenvalue weighted by atomic mass is 16.3. The maximum absolute atomic E-state index is 9.56. The number of hydrogen-bond acceptors (Lipinski definition) is 1. The third-order valence-corrected chi connectivity index (χ3v) is 4.01. The van der Waals surface area contributed by atoms with Crippen LogP contribution in [-0.2, 0) is 12.8 Å². The Labute approximate surface area is 117 Å². The summed E-state index contributed by atoms with van der Waals surface area (Å²) in [4.78, 5) is 3.31. The van der Waals surface area contributed by atoms with Crippen molar-refractivity contribution in [3.8, 4) is 5.75 Å². The Hall–Kier alpha value is -2.48. The lowest BCUT2D eigenvalue weighted by Crippen LogP contribution is -1.80. The van der Waals surface area contributed by atoms with E-state index in [4.69, 9.17) is 0 Å². The number of hydrogen-bond donors (Lipinski definition) is 2. The lowest BCUT2D eigenvalue weighted by Gasteiger charge is -1.96. The van der Waals surface area contributed by atoms with E-state index >= 15 is 0 Å². The molecule has 3 aromatic rings. The van der Waals surface area contributed by atoms with Crippen LogP contribution < -0.4 is 0 Å². The average Bonchev–Trinajstić information content (AvgIpc) is 3.03. The van der Waals surface area contributed by atoms with E-state index in [1.165, 1.54) is 33.2 Å². The zero-order valence-corrected chi connectivity index (χ0v) is 11.1. The van der Waals surface area contributed by atoms with Crippen molar-refractivity contribution in [3.05, 3.63) is 70.9 Å². The Morgan fingerprint density at radius 1 is 1.00 bits per heavy atom. The smallest absolute Gasteiger partial charge is 0.115 e. The number of benzene rings is 2. The van der Waals surface area contributed by atoms with Crippen LogP contribution in [0.15, 0.2) is 54.2 Å². The maximum atomic E-state index is 9.56. The van der Waals surface area contributed by atoms with Gasteiger partial charge in [-0.3, -0.25) is 0 Å². The monoisotopic (exact) mass is 261 g/mol. The van der Waals surface area contributed by atoms with Crippen LogP contribution >= 0.6 is 0 Å².